The van der Waals surface area contributed by atoms with Gasteiger partial charge >= 0.3 is 23.5 Å². The Kier molecular flexibility index (Phi) is 11.0. The molecule has 1 fully saturated rings. The molecular formula is C15H24N5O14P3S2. The third-order valence-electron chi connectivity index (χ3n) is 4.77. The van der Waals surface area contributed by atoms with Gasteiger partial charge in [-0.25, -0.2) is 18.7 Å². The second-order valence-corrected chi connectivity index (χ2v) is 14.8. The Morgan fingerprint density at radius 3 is 2.64 bits per heavy atom. The Bertz CT molecular complexity index is 1380. The van der Waals surface area contributed by atoms with Crippen molar-refractivity contribution in [3.63, 3.8) is 0 Å². The summed E-state index contributed by atoms with van der Waals surface area (Å²) in [5.41, 5.74) is -0.758. The lowest BCUT2D eigenvalue weighted by Gasteiger charge is -2.19. The maximum atomic E-state index is 12.4. The van der Waals surface area contributed by atoms with Gasteiger partial charge in [0, 0.05) is 18.6 Å². The van der Waals surface area contributed by atoms with E-state index in [-0.39, 0.29) is 35.9 Å². The number of aromatic nitrogens is 4. The van der Waals surface area contributed by atoms with Gasteiger partial charge in [-0.2, -0.15) is 13.6 Å². The normalized spacial score (nSPS) is 23.0. The van der Waals surface area contributed by atoms with Crippen LogP contribution >= 0.6 is 45.1 Å². The van der Waals surface area contributed by atoms with E-state index in [1.165, 1.54) is 10.9 Å². The molecule has 0 spiro atoms. The molecule has 1 aliphatic heterocycles. The molecule has 220 valence electrons. The Labute approximate surface area is 226 Å². The van der Waals surface area contributed by atoms with Gasteiger partial charge in [0.1, 0.15) is 12.3 Å². The number of aliphatic hydroxyl groups excluding tert-OH is 1. The van der Waals surface area contributed by atoms with Gasteiger partial charge in [-0.3, -0.25) is 29.0 Å². The number of nitrogens with zero attached hydrogens (tertiary/aromatic N) is 3. The quantitative estimate of drug-likeness (QED) is 0.0843. The highest BCUT2D eigenvalue weighted by Gasteiger charge is 2.43. The SMILES string of the molecule is CSSCCCC(=O)Nc1nc2c(ncn2[C@H]2CC(O)[C@@H](COP(=O)(O)OP(=O)(O)OP(=O)(O)O)O2)c(=O)[nH]1. The molecule has 3 rings (SSSR count). The standard InChI is InChI=1S/C15H24N5O14P3S2/c1-38-39-4-2-3-10(22)17-15-18-13-12(14(23)19-15)16-7-20(13)11-5-8(21)9(32-11)6-31-36(27,28)34-37(29,30)33-35(24,25)26/h7-9,11,21H,2-6H2,1H3,(H,27,28)(H,29,30)(H2,24,25,26)(H2,17,18,19,22,23)/t8?,9-,11-/m1/s1. The maximum Gasteiger partial charge on any atom is 0.490 e. The summed E-state index contributed by atoms with van der Waals surface area (Å²) in [6.45, 7) is -0.877. The number of phosphoric acid groups is 3. The molecule has 2 aromatic rings. The maximum absolute atomic E-state index is 12.4. The number of imidazole rings is 1. The van der Waals surface area contributed by atoms with Crippen LogP contribution in [0.5, 0.6) is 0 Å². The minimum atomic E-state index is -5.71. The number of phosphoric ester groups is 1. The smallest absolute Gasteiger partial charge is 0.390 e. The third kappa shape index (κ3) is 9.72. The molecule has 3 heterocycles. The molecule has 24 heteroatoms. The van der Waals surface area contributed by atoms with Crippen molar-refractivity contribution in [1.29, 1.82) is 0 Å². The summed E-state index contributed by atoms with van der Waals surface area (Å²) in [4.78, 5) is 71.1. The fourth-order valence-corrected chi connectivity index (χ4v) is 7.58. The van der Waals surface area contributed by atoms with Crippen LogP contribution in [0.2, 0.25) is 0 Å². The number of hydrogen-bond donors (Lipinski definition) is 7. The van der Waals surface area contributed by atoms with E-state index in [0.717, 1.165) is 5.75 Å². The fourth-order valence-electron chi connectivity index (χ4n) is 3.27. The van der Waals surface area contributed by atoms with Crippen LogP contribution in [0.3, 0.4) is 0 Å². The van der Waals surface area contributed by atoms with Crippen LogP contribution in [0.1, 0.15) is 25.5 Å². The monoisotopic (exact) mass is 655 g/mol. The Morgan fingerprint density at radius 2 is 1.97 bits per heavy atom. The molecule has 19 nitrogen and oxygen atoms in total. The predicted molar refractivity (Wildman–Crippen MR) is 136 cm³/mol. The average Bonchev–Trinajstić information content (AvgIpc) is 3.36. The van der Waals surface area contributed by atoms with Crippen molar-refractivity contribution in [2.75, 3.05) is 23.9 Å². The number of aliphatic hydroxyl groups is 1. The average molecular weight is 655 g/mol. The van der Waals surface area contributed by atoms with Crippen molar-refractivity contribution in [1.82, 2.24) is 19.5 Å². The molecule has 0 saturated carbocycles. The summed E-state index contributed by atoms with van der Waals surface area (Å²) in [5, 5.41) is 12.8. The van der Waals surface area contributed by atoms with Crippen LogP contribution in [0, 0.1) is 0 Å². The fraction of sp³-hybridized carbons (Fsp3) is 0.600. The second-order valence-electron chi connectivity index (χ2n) is 7.70. The second kappa shape index (κ2) is 13.2. The molecule has 0 bridgehead atoms. The van der Waals surface area contributed by atoms with E-state index >= 15 is 0 Å². The van der Waals surface area contributed by atoms with Gasteiger partial charge in [0.25, 0.3) is 5.56 Å². The zero-order chi connectivity index (χ0) is 29.0. The van der Waals surface area contributed by atoms with E-state index in [1.807, 2.05) is 6.26 Å². The lowest BCUT2D eigenvalue weighted by Crippen LogP contribution is -2.26. The number of H-pyrrole nitrogens is 1. The zero-order valence-corrected chi connectivity index (χ0v) is 24.1. The molecule has 3 unspecified atom stereocenters. The summed E-state index contributed by atoms with van der Waals surface area (Å²) in [6, 6.07) is 0. The summed E-state index contributed by atoms with van der Waals surface area (Å²) < 4.78 is 52.7. The van der Waals surface area contributed by atoms with Gasteiger partial charge in [-0.1, -0.05) is 21.6 Å². The molecule has 1 amide bonds. The van der Waals surface area contributed by atoms with Crippen LogP contribution in [-0.4, -0.2) is 80.9 Å². The minimum absolute atomic E-state index is 0.00211. The number of amides is 1. The predicted octanol–water partition coefficient (Wildman–Crippen LogP) is 0.841. The molecular weight excluding hydrogens is 631 g/mol. The van der Waals surface area contributed by atoms with Crippen molar-refractivity contribution in [2.24, 2.45) is 0 Å². The Morgan fingerprint density at radius 1 is 1.26 bits per heavy atom. The van der Waals surface area contributed by atoms with E-state index in [2.05, 4.69) is 33.4 Å². The van der Waals surface area contributed by atoms with Gasteiger partial charge < -0.3 is 29.4 Å². The van der Waals surface area contributed by atoms with E-state index in [4.69, 9.17) is 14.5 Å². The van der Waals surface area contributed by atoms with E-state index in [9.17, 15) is 38.2 Å². The molecule has 0 aliphatic carbocycles. The lowest BCUT2D eigenvalue weighted by molar-refractivity contribution is -0.116. The first-order valence-corrected chi connectivity index (χ1v) is 17.9. The first-order chi connectivity index (χ1) is 18.1. The van der Waals surface area contributed by atoms with Crippen LogP contribution in [0.4, 0.5) is 5.95 Å². The highest BCUT2D eigenvalue weighted by atomic mass is 33.1. The molecule has 7 N–H and O–H groups in total. The number of fused-ring (bicyclic) bond motifs is 1. The summed E-state index contributed by atoms with van der Waals surface area (Å²) in [7, 11) is -13.5. The van der Waals surface area contributed by atoms with Crippen molar-refractivity contribution < 1.29 is 61.1 Å². The van der Waals surface area contributed by atoms with Gasteiger partial charge in [0.05, 0.1) is 19.0 Å². The van der Waals surface area contributed by atoms with Crippen molar-refractivity contribution >= 4 is 68.1 Å². The summed E-state index contributed by atoms with van der Waals surface area (Å²) in [5.74, 6) is 0.248. The van der Waals surface area contributed by atoms with Crippen molar-refractivity contribution in [2.45, 2.75) is 37.7 Å². The largest absolute Gasteiger partial charge is 0.490 e. The number of rotatable bonds is 14. The Balaban J connectivity index is 1.66. The molecule has 1 saturated heterocycles. The van der Waals surface area contributed by atoms with Gasteiger partial charge in [-0.15, -0.1) is 0 Å². The number of nitrogens with one attached hydrogen (secondary N) is 2. The molecule has 0 radical (unpaired) electrons. The van der Waals surface area contributed by atoms with Crippen LogP contribution in [0.25, 0.3) is 11.2 Å². The number of anilines is 1. The number of ether oxygens (including phenoxy) is 1. The minimum Gasteiger partial charge on any atom is -0.390 e. The van der Waals surface area contributed by atoms with Gasteiger partial charge in [0.2, 0.25) is 11.9 Å². The van der Waals surface area contributed by atoms with Crippen LogP contribution in [-0.2, 0) is 36.4 Å². The van der Waals surface area contributed by atoms with Crippen molar-refractivity contribution in [3.8, 4) is 0 Å². The topological polar surface area (TPSA) is 282 Å². The van der Waals surface area contributed by atoms with Crippen LogP contribution < -0.4 is 10.9 Å². The summed E-state index contributed by atoms with van der Waals surface area (Å²) in [6.07, 6.45) is 0.142. The molecule has 5 atom stereocenters. The van der Waals surface area contributed by atoms with Crippen molar-refractivity contribution in [3.05, 3.63) is 16.7 Å². The Hall–Kier alpha value is -1.15. The zero-order valence-electron chi connectivity index (χ0n) is 19.8. The first kappa shape index (κ1) is 32.4. The number of carbonyl (C=O) groups is 1. The third-order valence-corrected chi connectivity index (χ3v) is 10.5. The number of hydrogen-bond acceptors (Lipinski definition) is 14. The van der Waals surface area contributed by atoms with E-state index in [1.54, 1.807) is 21.6 Å². The highest BCUT2D eigenvalue weighted by molar-refractivity contribution is 8.76. The molecule has 2 aromatic heterocycles. The van der Waals surface area contributed by atoms with Crippen LogP contribution in [0.15, 0.2) is 11.1 Å². The number of carbonyl (C=O) groups excluding carboxylic acids is 1. The highest BCUT2D eigenvalue weighted by Crippen LogP contribution is 2.66. The summed E-state index contributed by atoms with van der Waals surface area (Å²) >= 11 is 0. The molecule has 1 aliphatic rings. The molecule has 39 heavy (non-hydrogen) atoms. The van der Waals surface area contributed by atoms with Gasteiger partial charge in [0.15, 0.2) is 11.2 Å². The first-order valence-electron chi connectivity index (χ1n) is 10.6. The van der Waals surface area contributed by atoms with E-state index in [0.29, 0.717) is 6.42 Å². The lowest BCUT2D eigenvalue weighted by atomic mass is 10.2. The number of aromatic amines is 1. The van der Waals surface area contributed by atoms with E-state index < -0.39 is 54.1 Å². The van der Waals surface area contributed by atoms with Gasteiger partial charge in [-0.05, 0) is 12.7 Å². The molecule has 0 aromatic carbocycles.